The smallest absolute Gasteiger partial charge is 0.345 e. The fraction of sp³-hybridized carbons (Fsp3) is 0.242. The van der Waals surface area contributed by atoms with Crippen LogP contribution in [0.5, 0.6) is 5.75 Å². The third kappa shape index (κ3) is 5.18. The van der Waals surface area contributed by atoms with Gasteiger partial charge in [0.1, 0.15) is 10.7 Å². The number of Topliss-reactive ketones (excluding diaryl/α,β-unsaturated/α-hetero) is 1. The zero-order chi connectivity index (χ0) is 28.4. The van der Waals surface area contributed by atoms with Gasteiger partial charge < -0.3 is 9.47 Å². The summed E-state index contributed by atoms with van der Waals surface area (Å²) in [5.74, 6) is 0.480. The molecular weight excluding hydrogens is 557 g/mol. The Balaban J connectivity index is 1.70. The van der Waals surface area contributed by atoms with E-state index in [9.17, 15) is 9.59 Å². The van der Waals surface area contributed by atoms with Crippen molar-refractivity contribution >= 4 is 63.5 Å². The van der Waals surface area contributed by atoms with Gasteiger partial charge in [-0.15, -0.1) is 11.8 Å². The summed E-state index contributed by atoms with van der Waals surface area (Å²) >= 11 is 9.28. The second-order valence-electron chi connectivity index (χ2n) is 10.1. The molecule has 7 heteroatoms. The number of fused-ring (bicyclic) bond motifs is 1. The normalized spacial score (nSPS) is 20.1. The summed E-state index contributed by atoms with van der Waals surface area (Å²) < 4.78 is 12.0. The van der Waals surface area contributed by atoms with Gasteiger partial charge in [-0.3, -0.25) is 4.79 Å². The Labute approximate surface area is 249 Å². The van der Waals surface area contributed by atoms with Crippen LogP contribution in [0.1, 0.15) is 53.7 Å². The van der Waals surface area contributed by atoms with Gasteiger partial charge in [0, 0.05) is 27.2 Å². The van der Waals surface area contributed by atoms with Crippen molar-refractivity contribution in [3.63, 3.8) is 0 Å². The van der Waals surface area contributed by atoms with Crippen molar-refractivity contribution in [3.8, 4) is 5.75 Å². The quantitative estimate of drug-likeness (QED) is 0.125. The van der Waals surface area contributed by atoms with E-state index >= 15 is 0 Å². The third-order valence-corrected chi connectivity index (χ3v) is 10.5. The van der Waals surface area contributed by atoms with Gasteiger partial charge in [-0.2, -0.15) is 0 Å². The summed E-state index contributed by atoms with van der Waals surface area (Å²) in [6.07, 6.45) is 0. The minimum atomic E-state index is -0.668. The molecule has 1 unspecified atom stereocenters. The van der Waals surface area contributed by atoms with Crippen LogP contribution in [0.3, 0.4) is 0 Å². The Kier molecular flexibility index (Phi) is 8.36. The van der Waals surface area contributed by atoms with Gasteiger partial charge >= 0.3 is 5.97 Å². The molecule has 4 nitrogen and oxygen atoms in total. The molecule has 40 heavy (non-hydrogen) atoms. The van der Waals surface area contributed by atoms with Crippen molar-refractivity contribution in [3.05, 3.63) is 110 Å². The van der Waals surface area contributed by atoms with Gasteiger partial charge in [-0.25, -0.2) is 4.79 Å². The number of hydrogen-bond acceptors (Lipinski definition) is 7. The number of ether oxygens (including phenoxy) is 2. The topological polar surface area (TPSA) is 52.6 Å². The number of esters is 1. The van der Waals surface area contributed by atoms with Crippen LogP contribution in [0, 0.1) is 5.41 Å². The van der Waals surface area contributed by atoms with Crippen LogP contribution < -0.4 is 4.74 Å². The highest BCUT2D eigenvalue weighted by atomic mass is 32.2. The van der Waals surface area contributed by atoms with Gasteiger partial charge in [0.25, 0.3) is 0 Å². The highest BCUT2D eigenvalue weighted by Crippen LogP contribution is 2.56. The predicted molar refractivity (Wildman–Crippen MR) is 170 cm³/mol. The van der Waals surface area contributed by atoms with Gasteiger partial charge in [0.05, 0.1) is 23.9 Å². The van der Waals surface area contributed by atoms with Gasteiger partial charge in [0.2, 0.25) is 0 Å². The molecule has 3 aromatic rings. The van der Waals surface area contributed by atoms with E-state index in [4.69, 9.17) is 21.7 Å². The molecule has 5 rings (SSSR count). The van der Waals surface area contributed by atoms with Crippen molar-refractivity contribution in [2.75, 3.05) is 19.5 Å². The van der Waals surface area contributed by atoms with Gasteiger partial charge in [0.15, 0.2) is 5.78 Å². The lowest BCUT2D eigenvalue weighted by molar-refractivity contribution is -0.135. The van der Waals surface area contributed by atoms with Crippen LogP contribution in [0.4, 0.5) is 0 Å². The number of rotatable bonds is 6. The second kappa shape index (κ2) is 11.8. The second-order valence-corrected chi connectivity index (χ2v) is 12.8. The summed E-state index contributed by atoms with van der Waals surface area (Å²) in [5.41, 5.74) is 4.61. The minimum absolute atomic E-state index is 0.0253. The maximum absolute atomic E-state index is 14.1. The summed E-state index contributed by atoms with van der Waals surface area (Å²) in [6, 6.07) is 25.2. The zero-order valence-electron chi connectivity index (χ0n) is 22.9. The molecule has 0 fully saturated rings. The molecule has 0 N–H and O–H groups in total. The Morgan fingerprint density at radius 1 is 1.00 bits per heavy atom. The average Bonchev–Trinajstić information content (AvgIpc) is 2.98. The number of benzene rings is 3. The van der Waals surface area contributed by atoms with E-state index in [0.717, 1.165) is 32.1 Å². The molecule has 0 radical (unpaired) electrons. The zero-order valence-corrected chi connectivity index (χ0v) is 25.3. The lowest BCUT2D eigenvalue weighted by atomic mass is 9.62. The van der Waals surface area contributed by atoms with E-state index < -0.39 is 11.3 Å². The lowest BCUT2D eigenvalue weighted by Crippen LogP contribution is -2.40. The van der Waals surface area contributed by atoms with Crippen LogP contribution in [0.25, 0.3) is 11.1 Å². The largest absolute Gasteiger partial charge is 0.494 e. The number of allylic oxidation sites excluding steroid dienone is 1. The summed E-state index contributed by atoms with van der Waals surface area (Å²) in [6.45, 7) is 6.55. The molecule has 1 aliphatic carbocycles. The Morgan fingerprint density at radius 3 is 2.33 bits per heavy atom. The number of hydrogen-bond donors (Lipinski definition) is 0. The standard InChI is InChI=1S/C33H30O4S3/c1-5-37-22-16-17-23-24(18-22)27(28(34)21-14-10-7-11-15-21)33(2,3)30(38)26(23)32-39-19-25(20-12-8-6-9-13-20)29(40-32)31(35)36-4/h6-18,27H,5,19H2,1-4H3/b32-26-. The number of thioether (sulfide) groups is 2. The predicted octanol–water partition coefficient (Wildman–Crippen LogP) is 8.19. The van der Waals surface area contributed by atoms with E-state index in [1.807, 2.05) is 99.6 Å². The van der Waals surface area contributed by atoms with Crippen molar-refractivity contribution in [1.82, 2.24) is 0 Å². The SMILES string of the molecule is CCOc1ccc2c(c1)C(C(=O)c1ccccc1)C(C)(C)C(=S)/C2=C1/SCC(c2ccccc2)=C(C(=O)OC)S1. The van der Waals surface area contributed by atoms with Crippen molar-refractivity contribution in [2.45, 2.75) is 26.7 Å². The van der Waals surface area contributed by atoms with Crippen LogP contribution >= 0.6 is 35.7 Å². The van der Waals surface area contributed by atoms with E-state index in [1.165, 1.54) is 18.9 Å². The Hall–Kier alpha value is -3.13. The first-order chi connectivity index (χ1) is 19.3. The Morgan fingerprint density at radius 2 is 1.68 bits per heavy atom. The van der Waals surface area contributed by atoms with E-state index in [1.54, 1.807) is 11.8 Å². The molecule has 3 aromatic carbocycles. The number of ketones is 1. The molecule has 0 saturated heterocycles. The molecule has 1 aliphatic heterocycles. The molecule has 0 spiro atoms. The van der Waals surface area contributed by atoms with Crippen LogP contribution in [0.15, 0.2) is 88.0 Å². The summed E-state index contributed by atoms with van der Waals surface area (Å²) in [5, 5.41) is 0. The minimum Gasteiger partial charge on any atom is -0.494 e. The van der Waals surface area contributed by atoms with Crippen molar-refractivity contribution < 1.29 is 19.1 Å². The Bertz CT molecular complexity index is 1540. The third-order valence-electron chi connectivity index (χ3n) is 7.28. The molecular formula is C33H30O4S3. The fourth-order valence-corrected chi connectivity index (χ4v) is 8.43. The first-order valence-electron chi connectivity index (χ1n) is 13.1. The van der Waals surface area contributed by atoms with Crippen LogP contribution in [0.2, 0.25) is 0 Å². The van der Waals surface area contributed by atoms with Crippen LogP contribution in [-0.4, -0.2) is 36.1 Å². The van der Waals surface area contributed by atoms with Crippen LogP contribution in [-0.2, 0) is 9.53 Å². The van der Waals surface area contributed by atoms with E-state index in [2.05, 4.69) is 0 Å². The van der Waals surface area contributed by atoms with Gasteiger partial charge in [-0.1, -0.05) is 105 Å². The monoisotopic (exact) mass is 586 g/mol. The molecule has 1 heterocycles. The van der Waals surface area contributed by atoms with E-state index in [-0.39, 0.29) is 11.8 Å². The summed E-state index contributed by atoms with van der Waals surface area (Å²) in [4.78, 5) is 28.4. The molecule has 1 atom stereocenters. The molecule has 204 valence electrons. The highest BCUT2D eigenvalue weighted by molar-refractivity contribution is 8.25. The number of carbonyl (C=O) groups is 2. The first kappa shape index (κ1) is 28.4. The lowest BCUT2D eigenvalue weighted by Gasteiger charge is -2.42. The average molecular weight is 587 g/mol. The molecule has 0 saturated carbocycles. The van der Waals surface area contributed by atoms with Gasteiger partial charge in [-0.05, 0) is 41.3 Å². The molecule has 0 aromatic heterocycles. The molecule has 0 amide bonds. The summed E-state index contributed by atoms with van der Waals surface area (Å²) in [7, 11) is 1.41. The molecule has 2 aliphatic rings. The molecule has 0 bridgehead atoms. The maximum atomic E-state index is 14.1. The number of carbonyl (C=O) groups excluding carboxylic acids is 2. The first-order valence-corrected chi connectivity index (χ1v) is 15.3. The van der Waals surface area contributed by atoms with E-state index in [0.29, 0.717) is 33.4 Å². The van der Waals surface area contributed by atoms with Crippen molar-refractivity contribution in [1.29, 1.82) is 0 Å². The maximum Gasteiger partial charge on any atom is 0.345 e. The number of methoxy groups -OCH3 is 1. The van der Waals surface area contributed by atoms with Crippen molar-refractivity contribution in [2.24, 2.45) is 5.41 Å². The fourth-order valence-electron chi connectivity index (χ4n) is 5.29. The highest BCUT2D eigenvalue weighted by Gasteiger charge is 2.47. The number of thiocarbonyl (C=S) groups is 1.